The standard InChI is InChI=1S/C24H38O10/c25-20(26)17-15-13-11-9-7-5-3-1-2-4-6-8-10-12-14-16-19(22(29)34-33)24(32,23(30)31)18-21(27)28/h1,3-4,6,19,32-33H,2,5,7-18H2,(H,25,26)(H,27,28)(H,30,31)/b3-1-,6-4-. The molecule has 0 aromatic carbocycles. The van der Waals surface area contributed by atoms with Crippen molar-refractivity contribution in [3.05, 3.63) is 24.3 Å². The minimum atomic E-state index is -2.86. The molecule has 0 fully saturated rings. The summed E-state index contributed by atoms with van der Waals surface area (Å²) in [6, 6.07) is 0. The Balaban J connectivity index is 4.07. The van der Waals surface area contributed by atoms with Crippen LogP contribution in [0.1, 0.15) is 89.9 Å². The highest BCUT2D eigenvalue weighted by molar-refractivity contribution is 5.90. The van der Waals surface area contributed by atoms with Crippen LogP contribution in [-0.4, -0.2) is 55.2 Å². The molecule has 2 unspecified atom stereocenters. The SMILES string of the molecule is O=C(O)CCCCCCC/C=C\C/C=C\CCCCCC(C(=O)OO)C(O)(CC(=O)O)C(=O)O. The molecule has 0 aliphatic rings. The topological polar surface area (TPSA) is 179 Å². The predicted octanol–water partition coefficient (Wildman–Crippen LogP) is 4.18. The van der Waals surface area contributed by atoms with Crippen molar-refractivity contribution in [2.24, 2.45) is 5.92 Å². The van der Waals surface area contributed by atoms with Gasteiger partial charge in [-0.05, 0) is 44.9 Å². The highest BCUT2D eigenvalue weighted by Gasteiger charge is 2.50. The zero-order valence-electron chi connectivity index (χ0n) is 19.6. The molecule has 0 spiro atoms. The summed E-state index contributed by atoms with van der Waals surface area (Å²) in [4.78, 5) is 48.0. The molecule has 0 saturated heterocycles. The first-order chi connectivity index (χ1) is 16.1. The molecule has 10 heteroatoms. The number of unbranched alkanes of at least 4 members (excludes halogenated alkanes) is 8. The smallest absolute Gasteiger partial charge is 0.348 e. The molecule has 0 bridgehead atoms. The molecule has 5 N–H and O–H groups in total. The number of carbonyl (C=O) groups excluding carboxylic acids is 1. The van der Waals surface area contributed by atoms with Crippen molar-refractivity contribution < 1.29 is 49.7 Å². The third-order valence-corrected chi connectivity index (χ3v) is 5.47. The number of carboxylic acid groups (broad SMARTS) is 3. The van der Waals surface area contributed by atoms with Crippen LogP contribution in [0.5, 0.6) is 0 Å². The van der Waals surface area contributed by atoms with Crippen LogP contribution < -0.4 is 0 Å². The molecule has 194 valence electrons. The first kappa shape index (κ1) is 31.3. The number of aliphatic hydroxyl groups is 1. The molecule has 0 heterocycles. The van der Waals surface area contributed by atoms with Crippen molar-refractivity contribution in [3.63, 3.8) is 0 Å². The van der Waals surface area contributed by atoms with Gasteiger partial charge in [0, 0.05) is 6.42 Å². The Morgan fingerprint density at radius 2 is 1.26 bits per heavy atom. The molecule has 34 heavy (non-hydrogen) atoms. The zero-order chi connectivity index (χ0) is 25.8. The van der Waals surface area contributed by atoms with E-state index >= 15 is 0 Å². The lowest BCUT2D eigenvalue weighted by atomic mass is 9.81. The quantitative estimate of drug-likeness (QED) is 0.0684. The number of carbonyl (C=O) groups is 4. The van der Waals surface area contributed by atoms with E-state index in [1.807, 2.05) is 12.2 Å². The molecule has 0 amide bonds. The van der Waals surface area contributed by atoms with E-state index in [0.717, 1.165) is 57.8 Å². The first-order valence-corrected chi connectivity index (χ1v) is 11.7. The van der Waals surface area contributed by atoms with Crippen molar-refractivity contribution in [1.29, 1.82) is 0 Å². The van der Waals surface area contributed by atoms with Gasteiger partial charge in [-0.3, -0.25) is 9.59 Å². The van der Waals surface area contributed by atoms with Crippen LogP contribution in [0.25, 0.3) is 0 Å². The van der Waals surface area contributed by atoms with Crippen molar-refractivity contribution in [2.75, 3.05) is 0 Å². The Kier molecular flexibility index (Phi) is 17.2. The van der Waals surface area contributed by atoms with E-state index in [1.165, 1.54) is 0 Å². The minimum Gasteiger partial charge on any atom is -0.481 e. The summed E-state index contributed by atoms with van der Waals surface area (Å²) in [6.45, 7) is 0. The molecule has 0 aliphatic carbocycles. The van der Waals surface area contributed by atoms with E-state index in [0.29, 0.717) is 12.8 Å². The van der Waals surface area contributed by atoms with E-state index in [4.69, 9.17) is 15.5 Å². The van der Waals surface area contributed by atoms with Crippen LogP contribution in [0.3, 0.4) is 0 Å². The Labute approximate surface area is 199 Å². The molecular weight excluding hydrogens is 448 g/mol. The minimum absolute atomic E-state index is 0.137. The summed E-state index contributed by atoms with van der Waals surface area (Å²) >= 11 is 0. The van der Waals surface area contributed by atoms with Gasteiger partial charge >= 0.3 is 23.9 Å². The van der Waals surface area contributed by atoms with Crippen molar-refractivity contribution in [2.45, 2.75) is 95.5 Å². The van der Waals surface area contributed by atoms with Crippen LogP contribution in [0, 0.1) is 5.92 Å². The summed E-state index contributed by atoms with van der Waals surface area (Å²) in [6.07, 6.45) is 16.4. The Morgan fingerprint density at radius 3 is 1.76 bits per heavy atom. The second kappa shape index (κ2) is 18.7. The van der Waals surface area contributed by atoms with Gasteiger partial charge in [0.25, 0.3) is 0 Å². The number of aliphatic carboxylic acids is 3. The number of carboxylic acids is 3. The molecular formula is C24H38O10. The van der Waals surface area contributed by atoms with E-state index < -0.39 is 41.8 Å². The molecule has 0 rings (SSSR count). The Hall–Kier alpha value is -2.72. The van der Waals surface area contributed by atoms with Crippen LogP contribution in [-0.2, 0) is 24.1 Å². The molecule has 0 aromatic heterocycles. The lowest BCUT2D eigenvalue weighted by Crippen LogP contribution is -2.51. The highest BCUT2D eigenvalue weighted by atomic mass is 17.1. The van der Waals surface area contributed by atoms with Crippen LogP contribution in [0.15, 0.2) is 24.3 Å². The third-order valence-electron chi connectivity index (χ3n) is 5.47. The summed E-state index contributed by atoms with van der Waals surface area (Å²) in [5.74, 6) is -7.27. The fraction of sp³-hybridized carbons (Fsp3) is 0.667. The molecule has 0 saturated carbocycles. The second-order valence-electron chi connectivity index (χ2n) is 8.28. The summed E-state index contributed by atoms with van der Waals surface area (Å²) in [7, 11) is 0. The van der Waals surface area contributed by atoms with Crippen molar-refractivity contribution in [3.8, 4) is 0 Å². The van der Waals surface area contributed by atoms with Crippen LogP contribution in [0.2, 0.25) is 0 Å². The monoisotopic (exact) mass is 486 g/mol. The normalized spacial score (nSPS) is 14.2. The van der Waals surface area contributed by atoms with Gasteiger partial charge in [-0.25, -0.2) is 9.59 Å². The van der Waals surface area contributed by atoms with Gasteiger partial charge in [-0.1, -0.05) is 56.4 Å². The van der Waals surface area contributed by atoms with Crippen LogP contribution in [0.4, 0.5) is 0 Å². The van der Waals surface area contributed by atoms with Gasteiger partial charge in [0.15, 0.2) is 5.60 Å². The maximum atomic E-state index is 11.7. The molecule has 10 nitrogen and oxygen atoms in total. The fourth-order valence-electron chi connectivity index (χ4n) is 3.56. The Morgan fingerprint density at radius 1 is 0.735 bits per heavy atom. The van der Waals surface area contributed by atoms with Gasteiger partial charge < -0.3 is 25.3 Å². The largest absolute Gasteiger partial charge is 0.481 e. The van der Waals surface area contributed by atoms with Crippen molar-refractivity contribution in [1.82, 2.24) is 0 Å². The van der Waals surface area contributed by atoms with Crippen molar-refractivity contribution >= 4 is 23.9 Å². The summed E-state index contributed by atoms with van der Waals surface area (Å²) in [5, 5.41) is 45.5. The zero-order valence-corrected chi connectivity index (χ0v) is 19.6. The predicted molar refractivity (Wildman–Crippen MR) is 123 cm³/mol. The molecule has 2 atom stereocenters. The lowest BCUT2D eigenvalue weighted by molar-refractivity contribution is -0.246. The van der Waals surface area contributed by atoms with Gasteiger partial charge in [0.05, 0.1) is 6.42 Å². The van der Waals surface area contributed by atoms with E-state index in [-0.39, 0.29) is 12.8 Å². The fourth-order valence-corrected chi connectivity index (χ4v) is 3.56. The number of rotatable bonds is 21. The second-order valence-corrected chi connectivity index (χ2v) is 8.28. The van der Waals surface area contributed by atoms with Gasteiger partial charge in [0.1, 0.15) is 5.92 Å². The van der Waals surface area contributed by atoms with Gasteiger partial charge in [-0.2, -0.15) is 5.26 Å². The highest BCUT2D eigenvalue weighted by Crippen LogP contribution is 2.29. The lowest BCUT2D eigenvalue weighted by Gasteiger charge is -2.28. The van der Waals surface area contributed by atoms with E-state index in [9.17, 15) is 29.4 Å². The average Bonchev–Trinajstić information content (AvgIpc) is 2.76. The molecule has 0 radical (unpaired) electrons. The van der Waals surface area contributed by atoms with Gasteiger partial charge in [0.2, 0.25) is 0 Å². The van der Waals surface area contributed by atoms with E-state index in [1.54, 1.807) is 0 Å². The third kappa shape index (κ3) is 14.4. The number of hydrogen-bond donors (Lipinski definition) is 5. The molecule has 0 aliphatic heterocycles. The maximum Gasteiger partial charge on any atom is 0.348 e. The summed E-state index contributed by atoms with van der Waals surface area (Å²) in [5.41, 5.74) is -2.86. The van der Waals surface area contributed by atoms with E-state index in [2.05, 4.69) is 17.0 Å². The molecule has 0 aromatic rings. The van der Waals surface area contributed by atoms with Gasteiger partial charge in [-0.15, -0.1) is 0 Å². The average molecular weight is 487 g/mol. The first-order valence-electron chi connectivity index (χ1n) is 11.7. The Bertz CT molecular complexity index is 685. The number of hydrogen-bond acceptors (Lipinski definition) is 7. The summed E-state index contributed by atoms with van der Waals surface area (Å²) < 4.78 is 0. The van der Waals surface area contributed by atoms with Crippen LogP contribution >= 0.6 is 0 Å². The maximum absolute atomic E-state index is 11.7. The number of allylic oxidation sites excluding steroid dienone is 4.